The Morgan fingerprint density at radius 3 is 1.91 bits per heavy atom. The van der Waals surface area contributed by atoms with E-state index in [1.54, 1.807) is 0 Å². The van der Waals surface area contributed by atoms with Gasteiger partial charge in [-0.05, 0) is 25.7 Å². The zero-order valence-corrected chi connectivity index (χ0v) is 30.5. The van der Waals surface area contributed by atoms with Crippen LogP contribution < -0.4 is 5.32 Å². The Balaban J connectivity index is 1.32. The number of ether oxygens (including phenoxy) is 7. The van der Waals surface area contributed by atoms with E-state index in [9.17, 15) is 59.7 Å². The van der Waals surface area contributed by atoms with Gasteiger partial charge >= 0.3 is 11.9 Å². The number of esters is 2. The van der Waals surface area contributed by atoms with Crippen LogP contribution in [0.4, 0.5) is 0 Å². The van der Waals surface area contributed by atoms with Crippen molar-refractivity contribution in [3.63, 3.8) is 0 Å². The van der Waals surface area contributed by atoms with Gasteiger partial charge in [0.25, 0.3) is 11.8 Å². The number of aliphatic hydroxyl groups excluding tert-OH is 7. The molecule has 312 valence electrons. The summed E-state index contributed by atoms with van der Waals surface area (Å²) in [5, 5.41) is 75.2. The summed E-state index contributed by atoms with van der Waals surface area (Å²) in [6.07, 6.45) is -14.7. The number of rotatable bonds is 18. The van der Waals surface area contributed by atoms with Gasteiger partial charge in [0, 0.05) is 31.7 Å². The lowest BCUT2D eigenvalue weighted by Gasteiger charge is -2.45. The molecule has 14 atom stereocenters. The third kappa shape index (κ3) is 11.2. The van der Waals surface area contributed by atoms with E-state index in [0.717, 1.165) is 19.1 Å². The van der Waals surface area contributed by atoms with Gasteiger partial charge in [0.1, 0.15) is 48.8 Å². The molecule has 0 radical (unpaired) electrons. The average Bonchev–Trinajstić information content (AvgIpc) is 3.50. The van der Waals surface area contributed by atoms with Crippen LogP contribution in [0.1, 0.15) is 38.5 Å². The first-order valence-electron chi connectivity index (χ1n) is 18.1. The summed E-state index contributed by atoms with van der Waals surface area (Å²) in [7, 11) is 2.24. The highest BCUT2D eigenvalue weighted by atomic mass is 16.7. The molecule has 6 unspecified atom stereocenters. The van der Waals surface area contributed by atoms with E-state index < -0.39 is 111 Å². The molecule has 0 spiro atoms. The van der Waals surface area contributed by atoms with Crippen molar-refractivity contribution in [1.82, 2.24) is 10.2 Å². The van der Waals surface area contributed by atoms with Crippen LogP contribution in [0.3, 0.4) is 0 Å². The third-order valence-electron chi connectivity index (χ3n) is 10.1. The van der Waals surface area contributed by atoms with E-state index in [2.05, 4.69) is 5.32 Å². The number of imide groups is 1. The summed E-state index contributed by atoms with van der Waals surface area (Å²) < 4.78 is 38.5. The summed E-state index contributed by atoms with van der Waals surface area (Å²) in [4.78, 5) is 62.1. The summed E-state index contributed by atoms with van der Waals surface area (Å²) in [5.74, 6) is -4.78. The SMILES string of the molecule is COC(=O)C1C[C@H](OCC2O[C@H](OCCNC(=O)CCCCCN3C(=O)C=CC3=O)C(O)[C@@H](O)[C@@H]2O)C(O[C@H]2OC(CO)[C@@H](O)[C@H](O)C2O)C[C@@H]1C(=O)OC. The molecule has 0 bridgehead atoms. The van der Waals surface area contributed by atoms with Gasteiger partial charge in [0.15, 0.2) is 12.6 Å². The molecule has 3 aliphatic heterocycles. The van der Waals surface area contributed by atoms with Crippen molar-refractivity contribution in [2.24, 2.45) is 11.8 Å². The molecule has 4 rings (SSSR count). The number of carbonyl (C=O) groups excluding carboxylic acids is 5. The molecule has 3 amide bonds. The molecule has 1 saturated carbocycles. The lowest BCUT2D eigenvalue weighted by molar-refractivity contribution is -0.326. The number of aliphatic hydroxyl groups is 7. The molecule has 8 N–H and O–H groups in total. The first kappa shape index (κ1) is 44.5. The second-order valence-electron chi connectivity index (χ2n) is 13.7. The first-order chi connectivity index (χ1) is 26.2. The van der Waals surface area contributed by atoms with Crippen LogP contribution in [0, 0.1) is 11.8 Å². The Morgan fingerprint density at radius 2 is 1.31 bits per heavy atom. The second kappa shape index (κ2) is 20.8. The van der Waals surface area contributed by atoms with E-state index in [0.29, 0.717) is 19.3 Å². The van der Waals surface area contributed by atoms with Crippen molar-refractivity contribution in [2.45, 2.75) is 112 Å². The van der Waals surface area contributed by atoms with Crippen molar-refractivity contribution in [1.29, 1.82) is 0 Å². The highest BCUT2D eigenvalue weighted by molar-refractivity contribution is 6.12. The number of methoxy groups -OCH3 is 2. The standard InChI is InChI=1S/C34H52N2O19/c1-49-31(47)16-12-18(19(13-17(16)32(48)50-2)53-34-30(46)27(43)25(41)20(14-37)54-34)52-15-21-26(42)28(44)29(45)33(55-21)51-11-9-35-22(38)6-4-3-5-10-36-23(39)7-8-24(36)40/h7-8,16-21,25-30,33-34,37,41-46H,3-6,9-15H2,1-2H3,(H,35,38)/t16?,17-,18-,19?,20?,21?,25+,26+,27-,28-,29?,30?,33-,34-/m0/s1. The van der Waals surface area contributed by atoms with Crippen molar-refractivity contribution >= 4 is 29.7 Å². The Labute approximate surface area is 316 Å². The number of amides is 3. The van der Waals surface area contributed by atoms with Crippen LogP contribution in [0.25, 0.3) is 0 Å². The summed E-state index contributed by atoms with van der Waals surface area (Å²) in [5.41, 5.74) is 0. The fourth-order valence-corrected chi connectivity index (χ4v) is 6.88. The largest absolute Gasteiger partial charge is 0.469 e. The topological polar surface area (TPSA) is 307 Å². The Kier molecular flexibility index (Phi) is 16.9. The number of carbonyl (C=O) groups is 5. The van der Waals surface area contributed by atoms with Crippen molar-refractivity contribution < 1.29 is 92.9 Å². The third-order valence-corrected chi connectivity index (χ3v) is 10.1. The Hall–Kier alpha value is -3.19. The lowest BCUT2D eigenvalue weighted by atomic mass is 9.76. The first-order valence-corrected chi connectivity index (χ1v) is 18.1. The average molecular weight is 793 g/mol. The van der Waals surface area contributed by atoms with E-state index in [4.69, 9.17) is 33.2 Å². The Bertz CT molecular complexity index is 1330. The van der Waals surface area contributed by atoms with E-state index >= 15 is 0 Å². The minimum Gasteiger partial charge on any atom is -0.469 e. The number of nitrogens with one attached hydrogen (secondary N) is 1. The van der Waals surface area contributed by atoms with Crippen LogP contribution in [-0.2, 0) is 57.1 Å². The highest BCUT2D eigenvalue weighted by Gasteiger charge is 2.51. The zero-order chi connectivity index (χ0) is 40.4. The molecule has 4 aliphatic rings. The number of unbranched alkanes of at least 4 members (excludes halogenated alkanes) is 2. The molecular weight excluding hydrogens is 740 g/mol. The van der Waals surface area contributed by atoms with E-state index in [1.807, 2.05) is 0 Å². The van der Waals surface area contributed by atoms with Gasteiger partial charge in [-0.2, -0.15) is 0 Å². The van der Waals surface area contributed by atoms with Crippen molar-refractivity contribution in [3.05, 3.63) is 12.2 Å². The predicted molar refractivity (Wildman–Crippen MR) is 179 cm³/mol. The Morgan fingerprint density at radius 1 is 0.745 bits per heavy atom. The summed E-state index contributed by atoms with van der Waals surface area (Å²) in [6.45, 7) is -1.13. The molecule has 0 aromatic carbocycles. The normalized spacial score (nSPS) is 36.5. The molecule has 3 heterocycles. The molecule has 0 aromatic rings. The van der Waals surface area contributed by atoms with Gasteiger partial charge in [-0.1, -0.05) is 6.42 Å². The number of hydrogen-bond acceptors (Lipinski definition) is 19. The van der Waals surface area contributed by atoms with Gasteiger partial charge in [-0.15, -0.1) is 0 Å². The van der Waals surface area contributed by atoms with Crippen LogP contribution in [0.5, 0.6) is 0 Å². The number of hydrogen-bond donors (Lipinski definition) is 8. The molecule has 3 fully saturated rings. The van der Waals surface area contributed by atoms with E-state index in [-0.39, 0.29) is 56.7 Å². The van der Waals surface area contributed by atoms with Crippen LogP contribution >= 0.6 is 0 Å². The summed E-state index contributed by atoms with van der Waals surface area (Å²) in [6, 6.07) is 0. The molecule has 1 aliphatic carbocycles. The fraction of sp³-hybridized carbons (Fsp3) is 0.794. The van der Waals surface area contributed by atoms with Crippen molar-refractivity contribution in [3.8, 4) is 0 Å². The quantitative estimate of drug-likeness (QED) is 0.0368. The maximum Gasteiger partial charge on any atom is 0.309 e. The smallest absolute Gasteiger partial charge is 0.309 e. The maximum atomic E-state index is 12.8. The molecule has 55 heavy (non-hydrogen) atoms. The van der Waals surface area contributed by atoms with Gasteiger partial charge in [-0.25, -0.2) is 0 Å². The monoisotopic (exact) mass is 792 g/mol. The second-order valence-corrected chi connectivity index (χ2v) is 13.7. The predicted octanol–water partition coefficient (Wildman–Crippen LogP) is -4.65. The van der Waals surface area contributed by atoms with Crippen LogP contribution in [0.2, 0.25) is 0 Å². The molecule has 2 saturated heterocycles. The summed E-state index contributed by atoms with van der Waals surface area (Å²) >= 11 is 0. The minimum absolute atomic E-state index is 0.00298. The maximum absolute atomic E-state index is 12.8. The zero-order valence-electron chi connectivity index (χ0n) is 30.5. The molecule has 0 aromatic heterocycles. The van der Waals surface area contributed by atoms with E-state index in [1.165, 1.54) is 12.2 Å². The van der Waals surface area contributed by atoms with Gasteiger partial charge in [0.05, 0.1) is 58.1 Å². The van der Waals surface area contributed by atoms with Crippen LogP contribution in [-0.4, -0.2) is 191 Å². The lowest BCUT2D eigenvalue weighted by Crippen LogP contribution is -2.61. The minimum atomic E-state index is -1.81. The fourth-order valence-electron chi connectivity index (χ4n) is 6.88. The molecule has 21 heteroatoms. The van der Waals surface area contributed by atoms with Gasteiger partial charge in [0.2, 0.25) is 5.91 Å². The van der Waals surface area contributed by atoms with Crippen molar-refractivity contribution in [2.75, 3.05) is 47.1 Å². The number of nitrogens with zero attached hydrogens (tertiary/aromatic N) is 1. The van der Waals surface area contributed by atoms with Crippen LogP contribution in [0.15, 0.2) is 12.2 Å². The highest BCUT2D eigenvalue weighted by Crippen LogP contribution is 2.38. The molecular formula is C34H52N2O19. The molecule has 21 nitrogen and oxygen atoms in total. The van der Waals surface area contributed by atoms with Gasteiger partial charge < -0.3 is 74.2 Å². The van der Waals surface area contributed by atoms with Gasteiger partial charge in [-0.3, -0.25) is 28.9 Å².